The highest BCUT2D eigenvalue weighted by molar-refractivity contribution is 7.93. The third-order valence-corrected chi connectivity index (χ3v) is 0.315. The zero-order valence-electron chi connectivity index (χ0n) is 2.67. The van der Waals surface area contributed by atoms with Gasteiger partial charge in [0.1, 0.15) is 0 Å². The Hall–Kier alpha value is -0.250. The van der Waals surface area contributed by atoms with E-state index in [9.17, 15) is 0 Å². The first-order valence-electron chi connectivity index (χ1n) is 0.940. The Balaban J connectivity index is 2.40. The fourth-order valence-corrected chi connectivity index (χ4v) is 0.0913. The zero-order valence-corrected chi connectivity index (χ0v) is 3.49. The molecule has 0 aliphatic carbocycles. The summed E-state index contributed by atoms with van der Waals surface area (Å²) in [6.45, 7) is 0. The van der Waals surface area contributed by atoms with Gasteiger partial charge in [0.15, 0.2) is 5.34 Å². The molecule has 0 bridgehead atoms. The molecule has 0 aliphatic rings. The van der Waals surface area contributed by atoms with Crippen molar-refractivity contribution in [3.63, 3.8) is 0 Å². The van der Waals surface area contributed by atoms with Crippen LogP contribution in [0.5, 0.6) is 0 Å². The summed E-state index contributed by atoms with van der Waals surface area (Å²) < 4.78 is 3.82. The van der Waals surface area contributed by atoms with Gasteiger partial charge in [-0.1, -0.05) is 0 Å². The van der Waals surface area contributed by atoms with E-state index in [0.717, 1.165) is 12.0 Å². The molecule has 0 aliphatic heterocycles. The van der Waals surface area contributed by atoms with E-state index >= 15 is 0 Å². The van der Waals surface area contributed by atoms with E-state index < -0.39 is 0 Å². The third kappa shape index (κ3) is 3.75. The quantitative estimate of drug-likeness (QED) is 0.290. The predicted octanol–water partition coefficient (Wildman–Crippen LogP) is 0.962. The first-order chi connectivity index (χ1) is 2.41. The Morgan fingerprint density at radius 3 is 2.60 bits per heavy atom. The Morgan fingerprint density at radius 2 is 2.60 bits per heavy atom. The summed E-state index contributed by atoms with van der Waals surface area (Å²) in [7, 11) is 0. The normalized spacial score (nSPS) is 6.60. The van der Waals surface area contributed by atoms with Crippen molar-refractivity contribution < 1.29 is 4.28 Å². The Kier molecular flexibility index (Phi) is 3.56. The molecule has 0 atom stereocenters. The van der Waals surface area contributed by atoms with E-state index in [-0.39, 0.29) is 0 Å². The maximum absolute atomic E-state index is 8.91. The molecule has 0 spiro atoms. The minimum atomic E-state index is 0.922. The molecule has 0 amide bonds. The predicted molar refractivity (Wildman–Crippen MR) is 20.4 cm³/mol. The van der Waals surface area contributed by atoms with E-state index in [1.165, 1.54) is 0 Å². The smallest absolute Gasteiger partial charge is 0.168 e. The summed E-state index contributed by atoms with van der Waals surface area (Å²) in [5, 5.41) is 2.07. The number of hydrogen-bond donors (Lipinski definition) is 0. The molecular weight excluding hydrogens is 90.1 g/mol. The molecule has 0 saturated carbocycles. The number of nitrogens with zero attached hydrogens (tertiary/aromatic N) is 1. The van der Waals surface area contributed by atoms with Gasteiger partial charge in [-0.15, -0.1) is 4.91 Å². The highest BCUT2D eigenvalue weighted by Gasteiger charge is 1.64. The van der Waals surface area contributed by atoms with Crippen molar-refractivity contribution in [3.8, 4) is 0 Å². The van der Waals surface area contributed by atoms with Crippen LogP contribution in [0.15, 0.2) is 5.34 Å². The molecule has 3 nitrogen and oxygen atoms in total. The van der Waals surface area contributed by atoms with Gasteiger partial charge in [0.2, 0.25) is 0 Å². The summed E-state index contributed by atoms with van der Waals surface area (Å²) >= 11 is 0.922. The molecule has 0 saturated heterocycles. The molecule has 0 aromatic carbocycles. The van der Waals surface area contributed by atoms with Crippen LogP contribution in [0, 0.1) is 4.91 Å². The lowest BCUT2D eigenvalue weighted by atomic mass is 12.0. The molecule has 0 fully saturated rings. The fourth-order valence-electron chi connectivity index (χ4n) is 0.0304. The minimum Gasteiger partial charge on any atom is -0.288 e. The van der Waals surface area contributed by atoms with Gasteiger partial charge in [0.05, 0.1) is 12.0 Å². The molecule has 0 heterocycles. The van der Waals surface area contributed by atoms with Crippen LogP contribution >= 0.6 is 12.0 Å². The average Bonchev–Trinajstić information content (AvgIpc) is 1.41. The standard InChI is InChI=1S/CH3NO2S/c1-5-4-2-3/h1H3. The van der Waals surface area contributed by atoms with Crippen molar-refractivity contribution in [2.45, 2.75) is 0 Å². The maximum atomic E-state index is 8.91. The number of rotatable bonds is 2. The van der Waals surface area contributed by atoms with Crippen molar-refractivity contribution in [1.29, 1.82) is 0 Å². The summed E-state index contributed by atoms with van der Waals surface area (Å²) in [6, 6.07) is 0. The summed E-state index contributed by atoms with van der Waals surface area (Å²) in [4.78, 5) is 8.91. The topological polar surface area (TPSA) is 38.7 Å². The van der Waals surface area contributed by atoms with Crippen molar-refractivity contribution in [2.24, 2.45) is 5.34 Å². The first-order valence-corrected chi connectivity index (χ1v) is 2.09. The summed E-state index contributed by atoms with van der Waals surface area (Å²) in [5.41, 5.74) is 0. The van der Waals surface area contributed by atoms with Crippen LogP contribution in [0.2, 0.25) is 0 Å². The van der Waals surface area contributed by atoms with Gasteiger partial charge in [0, 0.05) is 6.26 Å². The highest BCUT2D eigenvalue weighted by atomic mass is 32.2. The van der Waals surface area contributed by atoms with Crippen LogP contribution in [-0.4, -0.2) is 6.26 Å². The SMILES string of the molecule is CSON=O. The fraction of sp³-hybridized carbons (Fsp3) is 1.00. The third-order valence-electron chi connectivity index (χ3n) is 0.105. The second-order valence-electron chi connectivity index (χ2n) is 0.316. The van der Waals surface area contributed by atoms with Gasteiger partial charge >= 0.3 is 0 Å². The van der Waals surface area contributed by atoms with E-state index in [2.05, 4.69) is 9.62 Å². The van der Waals surface area contributed by atoms with Crippen molar-refractivity contribution in [2.75, 3.05) is 6.26 Å². The lowest BCUT2D eigenvalue weighted by Crippen LogP contribution is -1.51. The molecule has 0 unspecified atom stereocenters. The van der Waals surface area contributed by atoms with E-state index in [4.69, 9.17) is 4.91 Å². The molecule has 0 radical (unpaired) electrons. The molecule has 4 heteroatoms. The van der Waals surface area contributed by atoms with Crippen molar-refractivity contribution >= 4 is 12.0 Å². The molecule has 0 N–H and O–H groups in total. The summed E-state index contributed by atoms with van der Waals surface area (Å²) in [5.74, 6) is 0. The highest BCUT2D eigenvalue weighted by Crippen LogP contribution is 1.90. The number of hydrogen-bond acceptors (Lipinski definition) is 4. The van der Waals surface area contributed by atoms with Gasteiger partial charge in [-0.05, 0) is 0 Å². The van der Waals surface area contributed by atoms with Crippen LogP contribution in [0.1, 0.15) is 0 Å². The van der Waals surface area contributed by atoms with Crippen molar-refractivity contribution in [3.05, 3.63) is 4.91 Å². The second-order valence-corrected chi connectivity index (χ2v) is 0.798. The van der Waals surface area contributed by atoms with Gasteiger partial charge in [-0.3, -0.25) is 4.28 Å². The van der Waals surface area contributed by atoms with Gasteiger partial charge in [-0.2, -0.15) is 0 Å². The molecule has 0 aromatic heterocycles. The second kappa shape index (κ2) is 3.75. The van der Waals surface area contributed by atoms with Crippen LogP contribution in [-0.2, 0) is 4.28 Å². The molecule has 0 rings (SSSR count). The summed E-state index contributed by atoms with van der Waals surface area (Å²) in [6.07, 6.45) is 1.61. The largest absolute Gasteiger partial charge is 0.288 e. The van der Waals surface area contributed by atoms with Crippen LogP contribution in [0.4, 0.5) is 0 Å². The van der Waals surface area contributed by atoms with Crippen LogP contribution in [0.3, 0.4) is 0 Å². The van der Waals surface area contributed by atoms with Crippen LogP contribution in [0.25, 0.3) is 0 Å². The van der Waals surface area contributed by atoms with Crippen LogP contribution < -0.4 is 0 Å². The Bertz CT molecular complexity index is 30.8. The lowest BCUT2D eigenvalue weighted by Gasteiger charge is -1.72. The van der Waals surface area contributed by atoms with Gasteiger partial charge < -0.3 is 0 Å². The Morgan fingerprint density at radius 1 is 2.00 bits per heavy atom. The van der Waals surface area contributed by atoms with E-state index in [0.29, 0.717) is 0 Å². The van der Waals surface area contributed by atoms with E-state index in [1.807, 2.05) is 0 Å². The minimum absolute atomic E-state index is 0.922. The average molecular weight is 93.1 g/mol. The maximum Gasteiger partial charge on any atom is 0.168 e. The lowest BCUT2D eigenvalue weighted by molar-refractivity contribution is 0.400. The van der Waals surface area contributed by atoms with E-state index in [1.54, 1.807) is 6.26 Å². The molecular formula is CH3NO2S. The zero-order chi connectivity index (χ0) is 4.12. The van der Waals surface area contributed by atoms with Crippen molar-refractivity contribution in [1.82, 2.24) is 0 Å². The molecule has 0 aromatic rings. The van der Waals surface area contributed by atoms with Gasteiger partial charge in [-0.25, -0.2) is 0 Å². The first kappa shape index (κ1) is 4.75. The molecule has 30 valence electrons. The Labute approximate surface area is 33.8 Å². The monoisotopic (exact) mass is 93.0 g/mol. The van der Waals surface area contributed by atoms with Gasteiger partial charge in [0.25, 0.3) is 0 Å². The molecule has 5 heavy (non-hydrogen) atoms.